The summed E-state index contributed by atoms with van der Waals surface area (Å²) in [6.45, 7) is 11.8. The first kappa shape index (κ1) is 18.1. The van der Waals surface area contributed by atoms with Crippen molar-refractivity contribution in [1.29, 1.82) is 0 Å². The fraction of sp³-hybridized carbons (Fsp3) is 0.650. The Balaban J connectivity index is 1.62. The lowest BCUT2D eigenvalue weighted by molar-refractivity contribution is -0.0237. The molecule has 1 saturated carbocycles. The molecule has 2 aliphatic rings. The van der Waals surface area contributed by atoms with Crippen LogP contribution in [0.2, 0.25) is 0 Å². The van der Waals surface area contributed by atoms with Crippen molar-refractivity contribution in [1.82, 2.24) is 10.2 Å². The minimum atomic E-state index is -0.554. The molecule has 0 unspecified atom stereocenters. The molecule has 0 amide bonds. The summed E-state index contributed by atoms with van der Waals surface area (Å²) >= 11 is 0. The SMILES string of the molecule is CCNC(=NCC1(O)CCC1)N1CCN(c2cccc(C)c2C)CC1. The molecule has 5 nitrogen and oxygen atoms in total. The van der Waals surface area contributed by atoms with Crippen LogP contribution in [0.1, 0.15) is 37.3 Å². The van der Waals surface area contributed by atoms with Crippen molar-refractivity contribution in [2.24, 2.45) is 4.99 Å². The number of aliphatic imine (C=N–C) groups is 1. The lowest BCUT2D eigenvalue weighted by Gasteiger charge is -2.39. The first-order valence-corrected chi connectivity index (χ1v) is 9.59. The van der Waals surface area contributed by atoms with Crippen molar-refractivity contribution in [2.45, 2.75) is 45.6 Å². The largest absolute Gasteiger partial charge is 0.388 e. The van der Waals surface area contributed by atoms with Gasteiger partial charge in [-0.15, -0.1) is 0 Å². The van der Waals surface area contributed by atoms with Gasteiger partial charge in [-0.1, -0.05) is 12.1 Å². The first-order valence-electron chi connectivity index (χ1n) is 9.59. The van der Waals surface area contributed by atoms with Crippen LogP contribution in [0.25, 0.3) is 0 Å². The van der Waals surface area contributed by atoms with E-state index in [2.05, 4.69) is 54.1 Å². The van der Waals surface area contributed by atoms with Crippen molar-refractivity contribution in [2.75, 3.05) is 44.2 Å². The van der Waals surface area contributed by atoms with E-state index in [1.165, 1.54) is 16.8 Å². The Morgan fingerprint density at radius 1 is 1.20 bits per heavy atom. The number of guanidine groups is 1. The predicted octanol–water partition coefficient (Wildman–Crippen LogP) is 2.31. The maximum atomic E-state index is 10.3. The van der Waals surface area contributed by atoms with Crippen molar-refractivity contribution >= 4 is 11.6 Å². The van der Waals surface area contributed by atoms with Crippen LogP contribution in [0.5, 0.6) is 0 Å². The molecular formula is C20H32N4O. The molecule has 1 aromatic rings. The van der Waals surface area contributed by atoms with Gasteiger partial charge in [-0.2, -0.15) is 0 Å². The Bertz CT molecular complexity index is 616. The number of hydrogen-bond acceptors (Lipinski definition) is 3. The van der Waals surface area contributed by atoms with Gasteiger partial charge in [0, 0.05) is 38.4 Å². The smallest absolute Gasteiger partial charge is 0.194 e. The minimum absolute atomic E-state index is 0.520. The summed E-state index contributed by atoms with van der Waals surface area (Å²) in [6.07, 6.45) is 2.89. The highest BCUT2D eigenvalue weighted by Gasteiger charge is 2.34. The molecule has 1 aromatic carbocycles. The number of nitrogens with zero attached hydrogens (tertiary/aromatic N) is 3. The van der Waals surface area contributed by atoms with Crippen molar-refractivity contribution in [3.05, 3.63) is 29.3 Å². The molecule has 0 radical (unpaired) electrons. The number of rotatable bonds is 4. The molecule has 3 rings (SSSR count). The van der Waals surface area contributed by atoms with Crippen LogP contribution in [0.4, 0.5) is 5.69 Å². The van der Waals surface area contributed by atoms with Crippen LogP contribution in [0.15, 0.2) is 23.2 Å². The third-order valence-corrected chi connectivity index (χ3v) is 5.64. The van der Waals surface area contributed by atoms with E-state index >= 15 is 0 Å². The Labute approximate surface area is 151 Å². The summed E-state index contributed by atoms with van der Waals surface area (Å²) in [5.41, 5.74) is 3.53. The van der Waals surface area contributed by atoms with Crippen LogP contribution in [-0.2, 0) is 0 Å². The van der Waals surface area contributed by atoms with Crippen LogP contribution < -0.4 is 10.2 Å². The molecule has 1 heterocycles. The zero-order valence-electron chi connectivity index (χ0n) is 15.9. The standard InChI is InChI=1S/C20H32N4O/c1-4-21-19(22-15-20(25)9-6-10-20)24-13-11-23(12-14-24)18-8-5-7-16(2)17(18)3/h5,7-8,25H,4,6,9-15H2,1-3H3,(H,21,22). The van der Waals surface area contributed by atoms with Gasteiger partial charge in [0.2, 0.25) is 0 Å². The highest BCUT2D eigenvalue weighted by Crippen LogP contribution is 2.31. The molecular weight excluding hydrogens is 312 g/mol. The number of benzene rings is 1. The molecule has 0 aromatic heterocycles. The second-order valence-electron chi connectivity index (χ2n) is 7.44. The van der Waals surface area contributed by atoms with Crippen LogP contribution in [0, 0.1) is 13.8 Å². The van der Waals surface area contributed by atoms with E-state index < -0.39 is 5.60 Å². The number of aliphatic hydroxyl groups is 1. The number of nitrogens with one attached hydrogen (secondary N) is 1. The summed E-state index contributed by atoms with van der Waals surface area (Å²) < 4.78 is 0. The van der Waals surface area contributed by atoms with Gasteiger partial charge in [-0.3, -0.25) is 4.99 Å². The highest BCUT2D eigenvalue weighted by atomic mass is 16.3. The lowest BCUT2D eigenvalue weighted by atomic mass is 9.80. The Hall–Kier alpha value is -1.75. The quantitative estimate of drug-likeness (QED) is 0.650. The molecule has 2 fully saturated rings. The second kappa shape index (κ2) is 7.65. The monoisotopic (exact) mass is 344 g/mol. The van der Waals surface area contributed by atoms with E-state index in [1.54, 1.807) is 0 Å². The maximum absolute atomic E-state index is 10.3. The molecule has 1 aliphatic heterocycles. The zero-order valence-corrected chi connectivity index (χ0v) is 15.9. The first-order chi connectivity index (χ1) is 12.0. The van der Waals surface area contributed by atoms with E-state index in [9.17, 15) is 5.11 Å². The zero-order chi connectivity index (χ0) is 17.9. The molecule has 25 heavy (non-hydrogen) atoms. The summed E-state index contributed by atoms with van der Waals surface area (Å²) in [7, 11) is 0. The molecule has 0 bridgehead atoms. The third kappa shape index (κ3) is 4.09. The Morgan fingerprint density at radius 2 is 1.92 bits per heavy atom. The molecule has 5 heteroatoms. The Kier molecular flexibility index (Phi) is 5.52. The van der Waals surface area contributed by atoms with Gasteiger partial charge in [0.1, 0.15) is 0 Å². The average Bonchev–Trinajstić information content (AvgIpc) is 2.59. The van der Waals surface area contributed by atoms with Gasteiger partial charge in [0.15, 0.2) is 5.96 Å². The highest BCUT2D eigenvalue weighted by molar-refractivity contribution is 5.80. The fourth-order valence-electron chi connectivity index (χ4n) is 3.63. The fourth-order valence-corrected chi connectivity index (χ4v) is 3.63. The van der Waals surface area contributed by atoms with Crippen LogP contribution >= 0.6 is 0 Å². The summed E-state index contributed by atoms with van der Waals surface area (Å²) in [4.78, 5) is 9.52. The van der Waals surface area contributed by atoms with Crippen molar-refractivity contribution in [3.8, 4) is 0 Å². The topological polar surface area (TPSA) is 51.1 Å². The number of piperazine rings is 1. The van der Waals surface area contributed by atoms with Gasteiger partial charge in [-0.25, -0.2) is 0 Å². The van der Waals surface area contributed by atoms with Crippen molar-refractivity contribution in [3.63, 3.8) is 0 Å². The lowest BCUT2D eigenvalue weighted by Crippen LogP contribution is -2.53. The normalized spacial score (nSPS) is 20.4. The van der Waals surface area contributed by atoms with E-state index in [4.69, 9.17) is 4.99 Å². The van der Waals surface area contributed by atoms with E-state index in [0.29, 0.717) is 6.54 Å². The minimum Gasteiger partial charge on any atom is -0.388 e. The van der Waals surface area contributed by atoms with E-state index in [0.717, 1.165) is 57.9 Å². The number of hydrogen-bond donors (Lipinski definition) is 2. The number of anilines is 1. The summed E-state index contributed by atoms with van der Waals surface area (Å²) in [5, 5.41) is 13.7. The molecule has 0 atom stereocenters. The molecule has 2 N–H and O–H groups in total. The van der Waals surface area contributed by atoms with E-state index in [1.807, 2.05) is 0 Å². The third-order valence-electron chi connectivity index (χ3n) is 5.64. The Morgan fingerprint density at radius 3 is 2.52 bits per heavy atom. The summed E-state index contributed by atoms with van der Waals surface area (Å²) in [5.74, 6) is 0.948. The van der Waals surface area contributed by atoms with Crippen LogP contribution in [-0.4, -0.2) is 60.8 Å². The van der Waals surface area contributed by atoms with Gasteiger partial charge in [0.05, 0.1) is 12.1 Å². The average molecular weight is 345 g/mol. The second-order valence-corrected chi connectivity index (χ2v) is 7.44. The van der Waals surface area contributed by atoms with Gasteiger partial charge in [-0.05, 0) is 57.2 Å². The molecule has 0 spiro atoms. The van der Waals surface area contributed by atoms with Gasteiger partial charge >= 0.3 is 0 Å². The maximum Gasteiger partial charge on any atom is 0.194 e. The predicted molar refractivity (Wildman–Crippen MR) is 104 cm³/mol. The number of aryl methyl sites for hydroxylation is 1. The van der Waals surface area contributed by atoms with E-state index in [-0.39, 0.29) is 0 Å². The van der Waals surface area contributed by atoms with Crippen LogP contribution in [0.3, 0.4) is 0 Å². The molecule has 138 valence electrons. The molecule has 1 saturated heterocycles. The summed E-state index contributed by atoms with van der Waals surface area (Å²) in [6, 6.07) is 6.55. The van der Waals surface area contributed by atoms with Crippen molar-refractivity contribution < 1.29 is 5.11 Å². The van der Waals surface area contributed by atoms with Gasteiger partial charge in [0.25, 0.3) is 0 Å². The van der Waals surface area contributed by atoms with Gasteiger partial charge < -0.3 is 20.2 Å². The molecule has 1 aliphatic carbocycles.